The molecule has 0 fully saturated rings. The Balaban J connectivity index is 2.22. The molecule has 3 nitrogen and oxygen atoms in total. The molecule has 0 aliphatic carbocycles. The quantitative estimate of drug-likeness (QED) is 0.800. The standard InChI is InChI=1S/C13H16N2O/c14-8-12(16)11-6-9-2-1-4-15-5-3-10(7-11)13(9)15/h3,5-7,12,16H,1-2,4,8,14H2. The maximum Gasteiger partial charge on any atom is 0.0912 e. The van der Waals surface area contributed by atoms with Crippen LogP contribution in [0.15, 0.2) is 24.4 Å². The van der Waals surface area contributed by atoms with Gasteiger partial charge in [0.1, 0.15) is 0 Å². The van der Waals surface area contributed by atoms with Gasteiger partial charge in [0.2, 0.25) is 0 Å². The minimum atomic E-state index is -0.536. The average Bonchev–Trinajstić information content (AvgIpc) is 2.73. The highest BCUT2D eigenvalue weighted by Crippen LogP contribution is 2.29. The first-order chi connectivity index (χ1) is 7.79. The van der Waals surface area contributed by atoms with Crippen molar-refractivity contribution >= 4 is 10.9 Å². The van der Waals surface area contributed by atoms with Gasteiger partial charge in [0.05, 0.1) is 11.6 Å². The van der Waals surface area contributed by atoms with Gasteiger partial charge in [-0.3, -0.25) is 0 Å². The van der Waals surface area contributed by atoms with Gasteiger partial charge in [-0.2, -0.15) is 0 Å². The van der Waals surface area contributed by atoms with Gasteiger partial charge >= 0.3 is 0 Å². The van der Waals surface area contributed by atoms with Crippen LogP contribution in [0.1, 0.15) is 23.7 Å². The summed E-state index contributed by atoms with van der Waals surface area (Å²) in [4.78, 5) is 0. The summed E-state index contributed by atoms with van der Waals surface area (Å²) in [6.45, 7) is 1.39. The first kappa shape index (κ1) is 9.87. The monoisotopic (exact) mass is 216 g/mol. The topological polar surface area (TPSA) is 51.2 Å². The van der Waals surface area contributed by atoms with Crippen molar-refractivity contribution in [2.45, 2.75) is 25.5 Å². The zero-order chi connectivity index (χ0) is 11.1. The Morgan fingerprint density at radius 3 is 3.12 bits per heavy atom. The molecular weight excluding hydrogens is 200 g/mol. The van der Waals surface area contributed by atoms with Crippen LogP contribution in [-0.4, -0.2) is 16.2 Å². The molecule has 0 spiro atoms. The summed E-state index contributed by atoms with van der Waals surface area (Å²) >= 11 is 0. The predicted molar refractivity (Wildman–Crippen MR) is 64.3 cm³/mol. The van der Waals surface area contributed by atoms with E-state index in [9.17, 15) is 5.11 Å². The molecule has 2 heterocycles. The van der Waals surface area contributed by atoms with E-state index in [2.05, 4.69) is 29.0 Å². The number of rotatable bonds is 2. The first-order valence-corrected chi connectivity index (χ1v) is 5.79. The third kappa shape index (κ3) is 1.36. The SMILES string of the molecule is NCC(O)c1cc2c3c(ccn3CCC2)c1. The van der Waals surface area contributed by atoms with Crippen LogP contribution in [-0.2, 0) is 13.0 Å². The van der Waals surface area contributed by atoms with Crippen LogP contribution in [0, 0.1) is 0 Å². The largest absolute Gasteiger partial charge is 0.387 e. The smallest absolute Gasteiger partial charge is 0.0912 e. The number of hydrogen-bond donors (Lipinski definition) is 2. The third-order valence-corrected chi connectivity index (χ3v) is 3.42. The highest BCUT2D eigenvalue weighted by molar-refractivity contribution is 5.84. The fourth-order valence-electron chi connectivity index (χ4n) is 2.61. The second-order valence-corrected chi connectivity index (χ2v) is 4.48. The second-order valence-electron chi connectivity index (χ2n) is 4.48. The molecule has 1 atom stereocenters. The van der Waals surface area contributed by atoms with Crippen LogP contribution in [0.5, 0.6) is 0 Å². The van der Waals surface area contributed by atoms with Gasteiger partial charge in [-0.25, -0.2) is 0 Å². The highest BCUT2D eigenvalue weighted by Gasteiger charge is 2.15. The minimum Gasteiger partial charge on any atom is -0.387 e. The van der Waals surface area contributed by atoms with Gasteiger partial charge < -0.3 is 15.4 Å². The number of nitrogens with two attached hydrogens (primary N) is 1. The Bertz CT molecular complexity index is 530. The Morgan fingerprint density at radius 1 is 1.44 bits per heavy atom. The lowest BCUT2D eigenvalue weighted by molar-refractivity contribution is 0.187. The molecule has 1 aliphatic rings. The van der Waals surface area contributed by atoms with Crippen molar-refractivity contribution in [2.75, 3.05) is 6.54 Å². The molecule has 0 saturated carbocycles. The molecule has 2 aromatic rings. The van der Waals surface area contributed by atoms with Crippen molar-refractivity contribution in [3.8, 4) is 0 Å². The molecule has 0 bridgehead atoms. The Labute approximate surface area is 94.5 Å². The van der Waals surface area contributed by atoms with Gasteiger partial charge in [0, 0.05) is 24.7 Å². The molecule has 1 aliphatic heterocycles. The van der Waals surface area contributed by atoms with E-state index in [-0.39, 0.29) is 6.54 Å². The van der Waals surface area contributed by atoms with Crippen molar-refractivity contribution in [3.63, 3.8) is 0 Å². The van der Waals surface area contributed by atoms with Crippen LogP contribution in [0.25, 0.3) is 10.9 Å². The van der Waals surface area contributed by atoms with Gasteiger partial charge in [0.15, 0.2) is 0 Å². The van der Waals surface area contributed by atoms with E-state index in [1.54, 1.807) is 0 Å². The summed E-state index contributed by atoms with van der Waals surface area (Å²) in [5.74, 6) is 0. The van der Waals surface area contributed by atoms with E-state index in [1.165, 1.54) is 22.9 Å². The van der Waals surface area contributed by atoms with Crippen LogP contribution in [0.4, 0.5) is 0 Å². The van der Waals surface area contributed by atoms with Crippen LogP contribution in [0.2, 0.25) is 0 Å². The number of nitrogens with zero attached hydrogens (tertiary/aromatic N) is 1. The number of benzene rings is 1. The maximum absolute atomic E-state index is 9.80. The zero-order valence-electron chi connectivity index (χ0n) is 9.19. The van der Waals surface area contributed by atoms with Gasteiger partial charge in [-0.05, 0) is 36.1 Å². The highest BCUT2D eigenvalue weighted by atomic mass is 16.3. The van der Waals surface area contributed by atoms with E-state index < -0.39 is 6.10 Å². The normalized spacial score (nSPS) is 16.6. The van der Waals surface area contributed by atoms with E-state index in [0.717, 1.165) is 18.5 Å². The summed E-state index contributed by atoms with van der Waals surface area (Å²) in [6, 6.07) is 6.28. The van der Waals surface area contributed by atoms with Crippen LogP contribution in [0.3, 0.4) is 0 Å². The molecule has 1 unspecified atom stereocenters. The number of aliphatic hydroxyl groups excluding tert-OH is 1. The molecule has 3 rings (SSSR count). The van der Waals surface area contributed by atoms with E-state index in [1.807, 2.05) is 0 Å². The van der Waals surface area contributed by atoms with Crippen molar-refractivity contribution in [1.82, 2.24) is 4.57 Å². The van der Waals surface area contributed by atoms with E-state index >= 15 is 0 Å². The molecule has 1 aromatic carbocycles. The summed E-state index contributed by atoms with van der Waals surface area (Å²) < 4.78 is 2.30. The van der Waals surface area contributed by atoms with Gasteiger partial charge in [0.25, 0.3) is 0 Å². The van der Waals surface area contributed by atoms with E-state index in [4.69, 9.17) is 5.73 Å². The fraction of sp³-hybridized carbons (Fsp3) is 0.385. The predicted octanol–water partition coefficient (Wildman–Crippen LogP) is 1.58. The number of aryl methyl sites for hydroxylation is 2. The average molecular weight is 216 g/mol. The summed E-state index contributed by atoms with van der Waals surface area (Å²) in [5.41, 5.74) is 9.13. The van der Waals surface area contributed by atoms with Crippen LogP contribution < -0.4 is 5.73 Å². The fourth-order valence-corrected chi connectivity index (χ4v) is 2.61. The Kier molecular flexibility index (Phi) is 2.23. The summed E-state index contributed by atoms with van der Waals surface area (Å²) in [7, 11) is 0. The Morgan fingerprint density at radius 2 is 2.31 bits per heavy atom. The molecule has 1 aromatic heterocycles. The molecule has 3 N–H and O–H groups in total. The number of hydrogen-bond acceptors (Lipinski definition) is 2. The van der Waals surface area contributed by atoms with Crippen molar-refractivity contribution in [2.24, 2.45) is 5.73 Å². The molecule has 0 saturated heterocycles. The molecule has 3 heteroatoms. The van der Waals surface area contributed by atoms with Gasteiger partial charge in [-0.15, -0.1) is 0 Å². The van der Waals surface area contributed by atoms with Crippen molar-refractivity contribution in [1.29, 1.82) is 0 Å². The van der Waals surface area contributed by atoms with E-state index in [0.29, 0.717) is 0 Å². The lowest BCUT2D eigenvalue weighted by Crippen LogP contribution is -2.13. The molecule has 84 valence electrons. The third-order valence-electron chi connectivity index (χ3n) is 3.42. The molecule has 0 radical (unpaired) electrons. The summed E-state index contributed by atoms with van der Waals surface area (Å²) in [6.07, 6.45) is 3.88. The second kappa shape index (κ2) is 3.61. The van der Waals surface area contributed by atoms with Crippen LogP contribution >= 0.6 is 0 Å². The lowest BCUT2D eigenvalue weighted by atomic mass is 9.98. The molecular formula is C13H16N2O. The number of aliphatic hydroxyl groups is 1. The number of aromatic nitrogens is 1. The maximum atomic E-state index is 9.80. The first-order valence-electron chi connectivity index (χ1n) is 5.79. The lowest BCUT2D eigenvalue weighted by Gasteiger charge is -2.18. The minimum absolute atomic E-state index is 0.283. The van der Waals surface area contributed by atoms with Crippen molar-refractivity contribution in [3.05, 3.63) is 35.5 Å². The molecule has 16 heavy (non-hydrogen) atoms. The Hall–Kier alpha value is -1.32. The van der Waals surface area contributed by atoms with Gasteiger partial charge in [-0.1, -0.05) is 6.07 Å². The summed E-state index contributed by atoms with van der Waals surface area (Å²) in [5, 5.41) is 11.0. The molecule has 0 amide bonds. The zero-order valence-corrected chi connectivity index (χ0v) is 9.19. The van der Waals surface area contributed by atoms with Crippen molar-refractivity contribution < 1.29 is 5.11 Å².